The first kappa shape index (κ1) is 21.1. The standard InChI is InChI=1S/C20H29ClN6O3/c1-20(2,3)30-19(28)23-13-7-6-9-26(12-13)16-14-11-22-27(15-8-4-5-10-29-15)17(14)25-18(21)24-16/h11,13,15H,4-10,12H2,1-3H3,(H,23,28)/t13-,15?/m1/s1. The molecule has 2 fully saturated rings. The second kappa shape index (κ2) is 8.55. The summed E-state index contributed by atoms with van der Waals surface area (Å²) in [6, 6.07) is -0.0332. The second-order valence-electron chi connectivity index (χ2n) is 8.90. The molecular weight excluding hydrogens is 408 g/mol. The molecule has 0 aliphatic carbocycles. The molecule has 9 nitrogen and oxygen atoms in total. The normalized spacial score (nSPS) is 22.9. The molecule has 0 spiro atoms. The van der Waals surface area contributed by atoms with Crippen molar-refractivity contribution in [2.75, 3.05) is 24.6 Å². The van der Waals surface area contributed by atoms with Gasteiger partial charge in [0, 0.05) is 25.7 Å². The molecule has 1 amide bonds. The van der Waals surface area contributed by atoms with E-state index in [1.807, 2.05) is 25.5 Å². The zero-order chi connectivity index (χ0) is 21.3. The third-order valence-corrected chi connectivity index (χ3v) is 5.45. The van der Waals surface area contributed by atoms with Crippen molar-refractivity contribution in [3.05, 3.63) is 11.5 Å². The molecule has 0 bridgehead atoms. The molecular formula is C20H29ClN6O3. The van der Waals surface area contributed by atoms with Gasteiger partial charge in [-0.15, -0.1) is 0 Å². The van der Waals surface area contributed by atoms with Crippen molar-refractivity contribution in [1.82, 2.24) is 25.1 Å². The summed E-state index contributed by atoms with van der Waals surface area (Å²) < 4.78 is 13.1. The highest BCUT2D eigenvalue weighted by Gasteiger charge is 2.28. The number of ether oxygens (including phenoxy) is 2. The number of piperidine rings is 1. The SMILES string of the molecule is CC(C)(C)OC(=O)N[C@@H]1CCCN(c2nc(Cl)nc3c2cnn3C2CCCCO2)C1. The van der Waals surface area contributed by atoms with Crippen LogP contribution in [0.3, 0.4) is 0 Å². The summed E-state index contributed by atoms with van der Waals surface area (Å²) in [5.41, 5.74) is 0.153. The van der Waals surface area contributed by atoms with Crippen LogP contribution >= 0.6 is 11.6 Å². The predicted octanol–water partition coefficient (Wildman–Crippen LogP) is 3.67. The van der Waals surface area contributed by atoms with Crippen LogP contribution in [0.15, 0.2) is 6.20 Å². The van der Waals surface area contributed by atoms with Gasteiger partial charge in [0.15, 0.2) is 11.9 Å². The van der Waals surface area contributed by atoms with Crippen molar-refractivity contribution >= 4 is 34.5 Å². The molecule has 2 saturated heterocycles. The summed E-state index contributed by atoms with van der Waals surface area (Å²) in [5.74, 6) is 0.739. The van der Waals surface area contributed by atoms with Gasteiger partial charge in [0.25, 0.3) is 0 Å². The van der Waals surface area contributed by atoms with Gasteiger partial charge in [0.1, 0.15) is 11.4 Å². The van der Waals surface area contributed by atoms with E-state index in [-0.39, 0.29) is 17.6 Å². The van der Waals surface area contributed by atoms with Gasteiger partial charge in [-0.25, -0.2) is 9.48 Å². The molecule has 0 radical (unpaired) electrons. The van der Waals surface area contributed by atoms with Crippen LogP contribution in [-0.2, 0) is 9.47 Å². The van der Waals surface area contributed by atoms with Crippen LogP contribution in [0.25, 0.3) is 11.0 Å². The maximum absolute atomic E-state index is 12.2. The van der Waals surface area contributed by atoms with E-state index < -0.39 is 11.7 Å². The summed E-state index contributed by atoms with van der Waals surface area (Å²) >= 11 is 6.28. The summed E-state index contributed by atoms with van der Waals surface area (Å²) in [6.07, 6.45) is 6.12. The first-order chi connectivity index (χ1) is 14.3. The number of carbonyl (C=O) groups excluding carboxylic acids is 1. The van der Waals surface area contributed by atoms with Crippen molar-refractivity contribution < 1.29 is 14.3 Å². The Bertz CT molecular complexity index is 906. The van der Waals surface area contributed by atoms with Gasteiger partial charge in [-0.3, -0.25) is 0 Å². The topological polar surface area (TPSA) is 94.4 Å². The molecule has 0 aromatic carbocycles. The van der Waals surface area contributed by atoms with Gasteiger partial charge in [-0.1, -0.05) is 0 Å². The van der Waals surface area contributed by atoms with Gasteiger partial charge in [-0.2, -0.15) is 15.1 Å². The van der Waals surface area contributed by atoms with Crippen LogP contribution in [-0.4, -0.2) is 57.2 Å². The first-order valence-corrected chi connectivity index (χ1v) is 10.9. The third kappa shape index (κ3) is 4.78. The predicted molar refractivity (Wildman–Crippen MR) is 114 cm³/mol. The molecule has 2 aliphatic rings. The van der Waals surface area contributed by atoms with Crippen LogP contribution in [0, 0.1) is 0 Å². The number of rotatable bonds is 3. The number of amides is 1. The minimum atomic E-state index is -0.527. The lowest BCUT2D eigenvalue weighted by molar-refractivity contribution is -0.0370. The van der Waals surface area contributed by atoms with Crippen LogP contribution in [0.2, 0.25) is 5.28 Å². The molecule has 164 valence electrons. The Hall–Kier alpha value is -2.13. The lowest BCUT2D eigenvalue weighted by atomic mass is 10.1. The zero-order valence-electron chi connectivity index (χ0n) is 17.7. The summed E-state index contributed by atoms with van der Waals surface area (Å²) in [5, 5.41) is 8.53. The fourth-order valence-corrected chi connectivity index (χ4v) is 4.18. The Balaban J connectivity index is 1.55. The smallest absolute Gasteiger partial charge is 0.407 e. The number of aromatic nitrogens is 4. The highest BCUT2D eigenvalue weighted by Crippen LogP contribution is 2.31. The Morgan fingerprint density at radius 2 is 2.10 bits per heavy atom. The van der Waals surface area contributed by atoms with Crippen LogP contribution < -0.4 is 10.2 Å². The molecule has 0 saturated carbocycles. The second-order valence-corrected chi connectivity index (χ2v) is 9.23. The summed E-state index contributed by atoms with van der Waals surface area (Å²) in [6.45, 7) is 7.72. The number of nitrogens with zero attached hydrogens (tertiary/aromatic N) is 5. The first-order valence-electron chi connectivity index (χ1n) is 10.6. The van der Waals surface area contributed by atoms with Crippen molar-refractivity contribution in [3.63, 3.8) is 0 Å². The molecule has 30 heavy (non-hydrogen) atoms. The van der Waals surface area contributed by atoms with E-state index >= 15 is 0 Å². The fourth-order valence-electron chi connectivity index (χ4n) is 4.01. The average Bonchev–Trinajstić information content (AvgIpc) is 3.10. The molecule has 1 N–H and O–H groups in total. The van der Waals surface area contributed by atoms with E-state index in [1.165, 1.54) is 0 Å². The molecule has 1 unspecified atom stereocenters. The van der Waals surface area contributed by atoms with Gasteiger partial charge < -0.3 is 19.7 Å². The molecule has 2 aliphatic heterocycles. The van der Waals surface area contributed by atoms with Crippen molar-refractivity contribution in [2.45, 2.75) is 70.7 Å². The zero-order valence-corrected chi connectivity index (χ0v) is 18.5. The van der Waals surface area contributed by atoms with Crippen molar-refractivity contribution in [3.8, 4) is 0 Å². The molecule has 10 heteroatoms. The van der Waals surface area contributed by atoms with E-state index in [0.717, 1.165) is 56.5 Å². The number of anilines is 1. The lowest BCUT2D eigenvalue weighted by Crippen LogP contribution is -2.49. The Morgan fingerprint density at radius 1 is 1.27 bits per heavy atom. The van der Waals surface area contributed by atoms with Crippen LogP contribution in [0.5, 0.6) is 0 Å². The van der Waals surface area contributed by atoms with Gasteiger partial charge in [-0.05, 0) is 64.5 Å². The number of hydrogen-bond donors (Lipinski definition) is 1. The maximum Gasteiger partial charge on any atom is 0.407 e. The van der Waals surface area contributed by atoms with Crippen molar-refractivity contribution in [2.24, 2.45) is 0 Å². The molecule has 4 heterocycles. The number of hydrogen-bond acceptors (Lipinski definition) is 7. The molecule has 2 aromatic rings. The minimum absolute atomic E-state index is 0.0332. The highest BCUT2D eigenvalue weighted by molar-refractivity contribution is 6.28. The van der Waals surface area contributed by atoms with Gasteiger partial charge >= 0.3 is 6.09 Å². The lowest BCUT2D eigenvalue weighted by Gasteiger charge is -2.34. The number of fused-ring (bicyclic) bond motifs is 1. The minimum Gasteiger partial charge on any atom is -0.444 e. The Morgan fingerprint density at radius 3 is 2.83 bits per heavy atom. The number of halogens is 1. The fraction of sp³-hybridized carbons (Fsp3) is 0.700. The summed E-state index contributed by atoms with van der Waals surface area (Å²) in [4.78, 5) is 23.3. The van der Waals surface area contributed by atoms with E-state index in [9.17, 15) is 4.79 Å². The van der Waals surface area contributed by atoms with E-state index in [2.05, 4.69) is 25.3 Å². The molecule has 4 rings (SSSR count). The monoisotopic (exact) mass is 436 g/mol. The van der Waals surface area contributed by atoms with Crippen LogP contribution in [0.1, 0.15) is 59.1 Å². The highest BCUT2D eigenvalue weighted by atomic mass is 35.5. The number of carbonyl (C=O) groups is 1. The largest absolute Gasteiger partial charge is 0.444 e. The van der Waals surface area contributed by atoms with Crippen LogP contribution in [0.4, 0.5) is 10.6 Å². The van der Waals surface area contributed by atoms with E-state index in [1.54, 1.807) is 6.20 Å². The third-order valence-electron chi connectivity index (χ3n) is 5.28. The number of nitrogens with one attached hydrogen (secondary N) is 1. The van der Waals surface area contributed by atoms with Gasteiger partial charge in [0.2, 0.25) is 5.28 Å². The Labute approximate surface area is 181 Å². The maximum atomic E-state index is 12.2. The number of alkyl carbamates (subject to hydrolysis) is 1. The molecule has 2 atom stereocenters. The average molecular weight is 437 g/mol. The van der Waals surface area contributed by atoms with Gasteiger partial charge in [0.05, 0.1) is 11.6 Å². The quantitative estimate of drug-likeness (QED) is 0.733. The molecule has 2 aromatic heterocycles. The van der Waals surface area contributed by atoms with E-state index in [0.29, 0.717) is 12.2 Å². The Kier molecular flexibility index (Phi) is 6.02. The van der Waals surface area contributed by atoms with E-state index in [4.69, 9.17) is 21.1 Å². The summed E-state index contributed by atoms with van der Waals surface area (Å²) in [7, 11) is 0. The van der Waals surface area contributed by atoms with Crippen molar-refractivity contribution in [1.29, 1.82) is 0 Å².